The molecule has 3 rings (SSSR count). The first-order valence-electron chi connectivity index (χ1n) is 6.91. The largest absolute Gasteiger partial charge is 0.333 e. The first-order chi connectivity index (χ1) is 10.2. The minimum Gasteiger partial charge on any atom is -0.333 e. The Bertz CT molecular complexity index is 647. The molecule has 1 amide bonds. The molecule has 3 heterocycles. The molecule has 1 aliphatic heterocycles. The summed E-state index contributed by atoms with van der Waals surface area (Å²) in [7, 11) is 0. The summed E-state index contributed by atoms with van der Waals surface area (Å²) in [5, 5.41) is 2.67. The molecule has 0 aromatic carbocycles. The molecule has 0 saturated carbocycles. The summed E-state index contributed by atoms with van der Waals surface area (Å²) in [4.78, 5) is 20.0. The Morgan fingerprint density at radius 3 is 2.83 bits per heavy atom. The van der Waals surface area contributed by atoms with E-state index in [1.807, 2.05) is 22.4 Å². The monoisotopic (exact) mass is 413 g/mol. The number of amides is 1. The van der Waals surface area contributed by atoms with Crippen molar-refractivity contribution < 1.29 is 4.79 Å². The van der Waals surface area contributed by atoms with E-state index < -0.39 is 0 Å². The van der Waals surface area contributed by atoms with Crippen LogP contribution < -0.4 is 5.73 Å². The molecular weight excluding hydrogens is 397 g/mol. The van der Waals surface area contributed by atoms with Crippen molar-refractivity contribution in [2.75, 3.05) is 13.1 Å². The lowest BCUT2D eigenvalue weighted by atomic mass is 10.0. The zero-order chi connectivity index (χ0) is 14.8. The van der Waals surface area contributed by atoms with Crippen molar-refractivity contribution in [1.29, 1.82) is 0 Å². The third-order valence-electron chi connectivity index (χ3n) is 3.67. The zero-order valence-electron chi connectivity index (χ0n) is 12.2. The van der Waals surface area contributed by atoms with Crippen LogP contribution in [0.5, 0.6) is 0 Å². The fourth-order valence-electron chi connectivity index (χ4n) is 2.57. The van der Waals surface area contributed by atoms with Crippen molar-refractivity contribution in [3.63, 3.8) is 0 Å². The van der Waals surface area contributed by atoms with Crippen LogP contribution in [0.15, 0.2) is 17.5 Å². The maximum Gasteiger partial charge on any atom is 0.273 e. The molecule has 23 heavy (non-hydrogen) atoms. The quantitative estimate of drug-likeness (QED) is 0.813. The summed E-state index contributed by atoms with van der Waals surface area (Å²) in [5.41, 5.74) is 6.30. The summed E-state index contributed by atoms with van der Waals surface area (Å²) in [6, 6.07) is 3.93. The van der Waals surface area contributed by atoms with E-state index in [4.69, 9.17) is 17.3 Å². The zero-order valence-corrected chi connectivity index (χ0v) is 16.3. The van der Waals surface area contributed by atoms with Gasteiger partial charge in [0.2, 0.25) is 0 Å². The molecule has 0 bridgehead atoms. The van der Waals surface area contributed by atoms with Gasteiger partial charge < -0.3 is 10.6 Å². The number of piperidine rings is 1. The number of carbonyl (C=O) groups excluding carboxylic acids is 1. The van der Waals surface area contributed by atoms with Crippen molar-refractivity contribution in [3.8, 4) is 9.88 Å². The van der Waals surface area contributed by atoms with Crippen molar-refractivity contribution in [2.24, 2.45) is 5.73 Å². The summed E-state index contributed by atoms with van der Waals surface area (Å²) < 4.78 is 0.729. The van der Waals surface area contributed by atoms with Crippen LogP contribution in [0.1, 0.15) is 29.8 Å². The number of aromatic nitrogens is 1. The average molecular weight is 415 g/mol. The van der Waals surface area contributed by atoms with E-state index >= 15 is 0 Å². The molecule has 2 N–H and O–H groups in total. The summed E-state index contributed by atoms with van der Waals surface area (Å²) in [5.74, 6) is -0.00435. The molecule has 2 aromatic heterocycles. The van der Waals surface area contributed by atoms with E-state index in [9.17, 15) is 4.79 Å². The highest BCUT2D eigenvalue weighted by molar-refractivity contribution is 7.23. The second-order valence-electron chi connectivity index (χ2n) is 5.03. The maximum absolute atomic E-state index is 12.6. The molecule has 4 nitrogen and oxygen atoms in total. The Labute approximate surface area is 160 Å². The smallest absolute Gasteiger partial charge is 0.273 e. The van der Waals surface area contributed by atoms with Crippen LogP contribution in [-0.2, 0) is 0 Å². The summed E-state index contributed by atoms with van der Waals surface area (Å²) in [6.07, 6.45) is 3.17. The van der Waals surface area contributed by atoms with Crippen molar-refractivity contribution in [3.05, 3.63) is 27.5 Å². The van der Waals surface area contributed by atoms with E-state index in [1.165, 1.54) is 22.7 Å². The van der Waals surface area contributed by atoms with Gasteiger partial charge in [-0.1, -0.05) is 11.6 Å². The molecule has 1 aliphatic rings. The van der Waals surface area contributed by atoms with Gasteiger partial charge in [-0.2, -0.15) is 0 Å². The Hall–Kier alpha value is -0.370. The van der Waals surface area contributed by atoms with Crippen LogP contribution in [-0.4, -0.2) is 34.9 Å². The van der Waals surface area contributed by atoms with E-state index in [0.29, 0.717) is 12.2 Å². The third kappa shape index (κ3) is 4.59. The van der Waals surface area contributed by atoms with Crippen LogP contribution >= 0.6 is 59.1 Å². The number of thiophene rings is 1. The number of likely N-dealkylation sites (tertiary alicyclic amines) is 1. The van der Waals surface area contributed by atoms with Crippen molar-refractivity contribution >= 4 is 65.0 Å². The van der Waals surface area contributed by atoms with Crippen LogP contribution in [0.2, 0.25) is 4.34 Å². The number of nitrogens with two attached hydrogens (primary N) is 1. The van der Waals surface area contributed by atoms with Crippen LogP contribution in [0.25, 0.3) is 9.88 Å². The molecule has 0 spiro atoms. The number of hydrogen-bond acceptors (Lipinski definition) is 5. The number of thiazole rings is 1. The van der Waals surface area contributed by atoms with Crippen LogP contribution in [0.3, 0.4) is 0 Å². The number of carbonyl (C=O) groups is 1. The van der Waals surface area contributed by atoms with E-state index in [0.717, 1.165) is 40.0 Å². The molecule has 0 aliphatic carbocycles. The minimum atomic E-state index is -0.00435. The number of hydrogen-bond donors (Lipinski definition) is 1. The van der Waals surface area contributed by atoms with E-state index in [-0.39, 0.29) is 36.8 Å². The molecule has 1 saturated heterocycles. The van der Waals surface area contributed by atoms with Gasteiger partial charge in [-0.25, -0.2) is 4.98 Å². The highest BCUT2D eigenvalue weighted by atomic mass is 35.5. The Morgan fingerprint density at radius 2 is 2.17 bits per heavy atom. The normalized spacial score (nSPS) is 17.3. The summed E-state index contributed by atoms with van der Waals surface area (Å²) in [6.45, 7) is 1.29. The molecule has 128 valence electrons. The van der Waals surface area contributed by atoms with Gasteiger partial charge in [0.15, 0.2) is 0 Å². The second kappa shape index (κ2) is 9.20. The van der Waals surface area contributed by atoms with Gasteiger partial charge in [-0.3, -0.25) is 4.79 Å². The third-order valence-corrected chi connectivity index (χ3v) is 5.91. The highest BCUT2D eigenvalue weighted by Crippen LogP contribution is 2.33. The van der Waals surface area contributed by atoms with Gasteiger partial charge in [0.25, 0.3) is 5.91 Å². The Kier molecular flexibility index (Phi) is 8.27. The van der Waals surface area contributed by atoms with Gasteiger partial charge in [-0.05, 0) is 31.4 Å². The van der Waals surface area contributed by atoms with Crippen molar-refractivity contribution in [2.45, 2.75) is 25.3 Å². The van der Waals surface area contributed by atoms with Gasteiger partial charge >= 0.3 is 0 Å². The highest BCUT2D eigenvalue weighted by Gasteiger charge is 2.28. The topological polar surface area (TPSA) is 59.2 Å². The predicted octanol–water partition coefficient (Wildman–Crippen LogP) is 4.32. The van der Waals surface area contributed by atoms with Gasteiger partial charge in [-0.15, -0.1) is 47.5 Å². The Morgan fingerprint density at radius 1 is 1.39 bits per heavy atom. The second-order valence-corrected chi connectivity index (χ2v) is 7.60. The first kappa shape index (κ1) is 20.7. The molecule has 1 unspecified atom stereocenters. The number of halogens is 3. The van der Waals surface area contributed by atoms with E-state index in [1.54, 1.807) is 0 Å². The lowest BCUT2D eigenvalue weighted by Crippen LogP contribution is -2.47. The molecule has 2 aromatic rings. The SMILES string of the molecule is Cl.Cl.NCC1CCCCN1C(=O)c1csc(-c2ccc(Cl)s2)n1. The lowest BCUT2D eigenvalue weighted by Gasteiger charge is -2.34. The van der Waals surface area contributed by atoms with Gasteiger partial charge in [0, 0.05) is 24.5 Å². The Balaban J connectivity index is 0.00000132. The summed E-state index contributed by atoms with van der Waals surface area (Å²) >= 11 is 8.90. The first-order valence-corrected chi connectivity index (χ1v) is 8.98. The van der Waals surface area contributed by atoms with Gasteiger partial charge in [0.05, 0.1) is 9.21 Å². The van der Waals surface area contributed by atoms with Crippen LogP contribution in [0.4, 0.5) is 0 Å². The fourth-order valence-corrected chi connectivity index (χ4v) is 4.48. The number of rotatable bonds is 3. The van der Waals surface area contributed by atoms with Gasteiger partial charge in [0.1, 0.15) is 10.7 Å². The fraction of sp³-hybridized carbons (Fsp3) is 0.429. The molecule has 0 radical (unpaired) electrons. The predicted molar refractivity (Wildman–Crippen MR) is 103 cm³/mol. The van der Waals surface area contributed by atoms with E-state index in [2.05, 4.69) is 4.98 Å². The van der Waals surface area contributed by atoms with Crippen molar-refractivity contribution in [1.82, 2.24) is 9.88 Å². The average Bonchev–Trinajstić information content (AvgIpc) is 3.15. The molecular formula is C14H18Cl3N3OS2. The molecule has 9 heteroatoms. The van der Waals surface area contributed by atoms with Crippen LogP contribution in [0, 0.1) is 0 Å². The molecule has 1 fully saturated rings. The molecule has 1 atom stereocenters. The standard InChI is InChI=1S/C14H16ClN3OS2.2ClH/c15-12-5-4-11(21-12)13-17-10(8-20-13)14(19)18-6-2-1-3-9(18)7-16;;/h4-5,8-9H,1-3,6-7,16H2;2*1H. The maximum atomic E-state index is 12.6. The minimum absolute atomic E-state index is 0. The number of nitrogens with zero attached hydrogens (tertiary/aromatic N) is 2. The lowest BCUT2D eigenvalue weighted by molar-refractivity contribution is 0.0618.